The first kappa shape index (κ1) is 14.9. The summed E-state index contributed by atoms with van der Waals surface area (Å²) in [7, 11) is 0. The highest BCUT2D eigenvalue weighted by Crippen LogP contribution is 2.62. The zero-order valence-electron chi connectivity index (χ0n) is 14.4. The molecule has 3 atom stereocenters. The van der Waals surface area contributed by atoms with Crippen molar-refractivity contribution in [1.82, 2.24) is 0 Å². The summed E-state index contributed by atoms with van der Waals surface area (Å²) >= 11 is 0. The monoisotopic (exact) mass is 276 g/mol. The van der Waals surface area contributed by atoms with Gasteiger partial charge < -0.3 is 0 Å². The van der Waals surface area contributed by atoms with E-state index in [1.165, 1.54) is 64.2 Å². The molecule has 0 bridgehead atoms. The van der Waals surface area contributed by atoms with E-state index in [1.54, 1.807) is 0 Å². The Morgan fingerprint density at radius 2 is 1.15 bits per heavy atom. The van der Waals surface area contributed by atoms with E-state index in [0.29, 0.717) is 10.8 Å². The summed E-state index contributed by atoms with van der Waals surface area (Å²) in [6, 6.07) is 0. The lowest BCUT2D eigenvalue weighted by Gasteiger charge is -2.60. The fraction of sp³-hybridized carbons (Fsp3) is 1.00. The molecule has 0 aromatic heterocycles. The van der Waals surface area contributed by atoms with Crippen LogP contribution in [0.15, 0.2) is 0 Å². The number of fused-ring (bicyclic) bond motifs is 1. The minimum atomic E-state index is 0.600. The fourth-order valence-electron chi connectivity index (χ4n) is 6.52. The molecule has 3 unspecified atom stereocenters. The second kappa shape index (κ2) is 5.33. The Balaban J connectivity index is 1.86. The number of hydrogen-bond acceptors (Lipinski definition) is 0. The molecule has 0 aromatic carbocycles. The Hall–Kier alpha value is 0. The maximum absolute atomic E-state index is 2.64. The summed E-state index contributed by atoms with van der Waals surface area (Å²) in [6.45, 7) is 10.5. The predicted molar refractivity (Wildman–Crippen MR) is 87.7 cm³/mol. The maximum Gasteiger partial charge on any atom is -0.0292 e. The topological polar surface area (TPSA) is 0 Å². The molecule has 0 heteroatoms. The van der Waals surface area contributed by atoms with Gasteiger partial charge in [0.15, 0.2) is 0 Å². The van der Waals surface area contributed by atoms with Gasteiger partial charge in [-0.1, -0.05) is 72.6 Å². The van der Waals surface area contributed by atoms with E-state index in [0.717, 1.165) is 23.7 Å². The molecule has 3 rings (SSSR count). The quantitative estimate of drug-likeness (QED) is 0.516. The van der Waals surface area contributed by atoms with E-state index < -0.39 is 0 Å². The van der Waals surface area contributed by atoms with E-state index in [4.69, 9.17) is 0 Å². The van der Waals surface area contributed by atoms with Crippen LogP contribution in [0.3, 0.4) is 0 Å². The van der Waals surface area contributed by atoms with Gasteiger partial charge in [0.2, 0.25) is 0 Å². The third-order valence-electron chi connectivity index (χ3n) is 7.65. The standard InChI is InChI=1S/C20H36/c1-19(2)14-18(15-10-6-5-7-11-15)20(3,4)17-13-9-8-12-16(17)19/h15-18H,5-14H2,1-4H3. The Morgan fingerprint density at radius 1 is 0.600 bits per heavy atom. The Kier molecular flexibility index (Phi) is 3.97. The molecular formula is C20H36. The zero-order chi connectivity index (χ0) is 14.4. The van der Waals surface area contributed by atoms with Crippen LogP contribution in [0.5, 0.6) is 0 Å². The van der Waals surface area contributed by atoms with Crippen LogP contribution < -0.4 is 0 Å². The average molecular weight is 277 g/mol. The van der Waals surface area contributed by atoms with Crippen LogP contribution >= 0.6 is 0 Å². The van der Waals surface area contributed by atoms with Gasteiger partial charge in [-0.3, -0.25) is 0 Å². The summed E-state index contributed by atoms with van der Waals surface area (Å²) in [4.78, 5) is 0. The highest BCUT2D eigenvalue weighted by molar-refractivity contribution is 5.03. The summed E-state index contributed by atoms with van der Waals surface area (Å²) < 4.78 is 0. The molecule has 116 valence electrons. The van der Waals surface area contributed by atoms with Gasteiger partial charge in [-0.15, -0.1) is 0 Å². The predicted octanol–water partition coefficient (Wildman–Crippen LogP) is 6.45. The largest absolute Gasteiger partial charge is 0.0596 e. The van der Waals surface area contributed by atoms with Crippen molar-refractivity contribution in [3.8, 4) is 0 Å². The first-order chi connectivity index (χ1) is 9.43. The van der Waals surface area contributed by atoms with E-state index >= 15 is 0 Å². The third kappa shape index (κ3) is 2.46. The van der Waals surface area contributed by atoms with Crippen molar-refractivity contribution in [3.05, 3.63) is 0 Å². The van der Waals surface area contributed by atoms with Gasteiger partial charge in [-0.05, 0) is 53.8 Å². The molecule has 3 aliphatic carbocycles. The molecule has 3 fully saturated rings. The lowest BCUT2D eigenvalue weighted by molar-refractivity contribution is -0.110. The van der Waals surface area contributed by atoms with Gasteiger partial charge in [-0.25, -0.2) is 0 Å². The molecule has 20 heavy (non-hydrogen) atoms. The average Bonchev–Trinajstić information content (AvgIpc) is 2.45. The Morgan fingerprint density at radius 3 is 1.80 bits per heavy atom. The molecule has 0 N–H and O–H groups in total. The van der Waals surface area contributed by atoms with Crippen molar-refractivity contribution in [2.75, 3.05) is 0 Å². The van der Waals surface area contributed by atoms with Crippen LogP contribution in [0.4, 0.5) is 0 Å². The molecule has 0 amide bonds. The van der Waals surface area contributed by atoms with E-state index in [9.17, 15) is 0 Å². The molecule has 0 aliphatic heterocycles. The van der Waals surface area contributed by atoms with Gasteiger partial charge in [0.1, 0.15) is 0 Å². The van der Waals surface area contributed by atoms with Gasteiger partial charge in [0.25, 0.3) is 0 Å². The summed E-state index contributed by atoms with van der Waals surface area (Å²) in [5, 5.41) is 0. The molecule has 0 saturated heterocycles. The summed E-state index contributed by atoms with van der Waals surface area (Å²) in [5.41, 5.74) is 1.20. The van der Waals surface area contributed by atoms with Crippen molar-refractivity contribution >= 4 is 0 Å². The summed E-state index contributed by atoms with van der Waals surface area (Å²) in [5.74, 6) is 4.05. The van der Waals surface area contributed by atoms with Crippen LogP contribution in [0.25, 0.3) is 0 Å². The fourth-order valence-corrected chi connectivity index (χ4v) is 6.52. The van der Waals surface area contributed by atoms with Crippen molar-refractivity contribution in [3.63, 3.8) is 0 Å². The number of rotatable bonds is 1. The normalized spacial score (nSPS) is 41.1. The van der Waals surface area contributed by atoms with E-state index in [-0.39, 0.29) is 0 Å². The van der Waals surface area contributed by atoms with Crippen LogP contribution in [0, 0.1) is 34.5 Å². The molecule has 0 radical (unpaired) electrons. The molecule has 0 heterocycles. The molecular weight excluding hydrogens is 240 g/mol. The van der Waals surface area contributed by atoms with Crippen molar-refractivity contribution in [1.29, 1.82) is 0 Å². The molecule has 3 saturated carbocycles. The molecule has 0 spiro atoms. The second-order valence-electron chi connectivity index (χ2n) is 9.52. The highest BCUT2D eigenvalue weighted by Gasteiger charge is 2.54. The minimum Gasteiger partial charge on any atom is -0.0596 e. The van der Waals surface area contributed by atoms with Crippen LogP contribution in [-0.4, -0.2) is 0 Å². The second-order valence-corrected chi connectivity index (χ2v) is 9.52. The lowest BCUT2D eigenvalue weighted by atomic mass is 9.45. The first-order valence-corrected chi connectivity index (χ1v) is 9.43. The highest BCUT2D eigenvalue weighted by atomic mass is 14.6. The lowest BCUT2D eigenvalue weighted by Crippen LogP contribution is -2.52. The van der Waals surface area contributed by atoms with Crippen molar-refractivity contribution in [2.24, 2.45) is 34.5 Å². The third-order valence-corrected chi connectivity index (χ3v) is 7.65. The first-order valence-electron chi connectivity index (χ1n) is 9.43. The smallest absolute Gasteiger partial charge is 0.0292 e. The van der Waals surface area contributed by atoms with Crippen molar-refractivity contribution < 1.29 is 0 Å². The van der Waals surface area contributed by atoms with Gasteiger partial charge in [0, 0.05) is 0 Å². The maximum atomic E-state index is 2.64. The van der Waals surface area contributed by atoms with Crippen LogP contribution in [0.2, 0.25) is 0 Å². The van der Waals surface area contributed by atoms with E-state index in [1.807, 2.05) is 0 Å². The Labute approximate surface area is 127 Å². The van der Waals surface area contributed by atoms with Crippen LogP contribution in [0.1, 0.15) is 91.9 Å². The zero-order valence-corrected chi connectivity index (χ0v) is 14.4. The molecule has 0 aromatic rings. The summed E-state index contributed by atoms with van der Waals surface area (Å²) in [6.07, 6.45) is 15.1. The SMILES string of the molecule is CC1(C)CC(C2CCCCC2)C(C)(C)C2CCCCC21. The van der Waals surface area contributed by atoms with E-state index in [2.05, 4.69) is 27.7 Å². The van der Waals surface area contributed by atoms with Gasteiger partial charge in [-0.2, -0.15) is 0 Å². The molecule has 3 aliphatic rings. The number of hydrogen-bond donors (Lipinski definition) is 0. The molecule has 0 nitrogen and oxygen atoms in total. The van der Waals surface area contributed by atoms with Gasteiger partial charge >= 0.3 is 0 Å². The Bertz CT molecular complexity index is 332. The van der Waals surface area contributed by atoms with Crippen LogP contribution in [-0.2, 0) is 0 Å². The van der Waals surface area contributed by atoms with Crippen molar-refractivity contribution in [2.45, 2.75) is 91.9 Å². The van der Waals surface area contributed by atoms with Gasteiger partial charge in [0.05, 0.1) is 0 Å². The minimum absolute atomic E-state index is 0.600.